The molecule has 1 aliphatic rings. The van der Waals surface area contributed by atoms with E-state index in [1.54, 1.807) is 0 Å². The summed E-state index contributed by atoms with van der Waals surface area (Å²) in [5.41, 5.74) is 3.18. The van der Waals surface area contributed by atoms with Crippen molar-refractivity contribution >= 4 is 0 Å². The van der Waals surface area contributed by atoms with E-state index in [9.17, 15) is 0 Å². The Kier molecular flexibility index (Phi) is 5.25. The van der Waals surface area contributed by atoms with Crippen LogP contribution in [0, 0.1) is 11.3 Å². The Hall–Kier alpha value is -0.830. The molecule has 1 heterocycles. The van der Waals surface area contributed by atoms with Crippen molar-refractivity contribution in [3.05, 3.63) is 17.5 Å². The van der Waals surface area contributed by atoms with Crippen LogP contribution in [0.25, 0.3) is 0 Å². The van der Waals surface area contributed by atoms with Crippen molar-refractivity contribution in [2.45, 2.75) is 66.3 Å². The van der Waals surface area contributed by atoms with E-state index in [0.29, 0.717) is 5.41 Å². The van der Waals surface area contributed by atoms with Gasteiger partial charge in [0.25, 0.3) is 0 Å². The van der Waals surface area contributed by atoms with Crippen LogP contribution in [0.15, 0.2) is 6.07 Å². The zero-order valence-electron chi connectivity index (χ0n) is 13.7. The van der Waals surface area contributed by atoms with Crippen molar-refractivity contribution in [2.24, 2.45) is 11.3 Å². The summed E-state index contributed by atoms with van der Waals surface area (Å²) < 4.78 is 2.21. The molecule has 0 saturated heterocycles. The van der Waals surface area contributed by atoms with Crippen LogP contribution < -0.4 is 5.32 Å². The molecule has 20 heavy (non-hydrogen) atoms. The smallest absolute Gasteiger partial charge is 0.0624 e. The third-order valence-electron chi connectivity index (χ3n) is 4.60. The van der Waals surface area contributed by atoms with Crippen LogP contribution in [0.2, 0.25) is 0 Å². The van der Waals surface area contributed by atoms with E-state index in [1.165, 1.54) is 43.6 Å². The summed E-state index contributed by atoms with van der Waals surface area (Å²) in [4.78, 5) is 0. The van der Waals surface area contributed by atoms with Gasteiger partial charge in [-0.3, -0.25) is 4.68 Å². The molecule has 0 aromatic carbocycles. The zero-order chi connectivity index (χ0) is 14.6. The van der Waals surface area contributed by atoms with Crippen LogP contribution in [0.5, 0.6) is 0 Å². The first-order chi connectivity index (χ1) is 9.58. The summed E-state index contributed by atoms with van der Waals surface area (Å²) >= 11 is 0. The molecule has 2 rings (SSSR count). The zero-order valence-corrected chi connectivity index (χ0v) is 13.7. The number of rotatable bonds is 8. The van der Waals surface area contributed by atoms with Crippen molar-refractivity contribution in [1.82, 2.24) is 15.1 Å². The predicted molar refractivity (Wildman–Crippen MR) is 85.0 cm³/mol. The summed E-state index contributed by atoms with van der Waals surface area (Å²) in [5.74, 6) is 0.736. The van der Waals surface area contributed by atoms with Gasteiger partial charge in [0.05, 0.1) is 5.69 Å². The molecule has 1 aromatic heterocycles. The molecule has 1 saturated carbocycles. The molecule has 0 bridgehead atoms. The van der Waals surface area contributed by atoms with Gasteiger partial charge >= 0.3 is 0 Å². The first kappa shape index (κ1) is 15.6. The summed E-state index contributed by atoms with van der Waals surface area (Å²) in [5, 5.41) is 8.37. The number of nitrogens with one attached hydrogen (secondary N) is 1. The lowest BCUT2D eigenvalue weighted by molar-refractivity contribution is 0.125. The van der Waals surface area contributed by atoms with Crippen molar-refractivity contribution in [3.8, 4) is 0 Å². The molecule has 1 aromatic rings. The van der Waals surface area contributed by atoms with Crippen molar-refractivity contribution in [2.75, 3.05) is 13.1 Å². The highest BCUT2D eigenvalue weighted by Gasteiger charge is 2.37. The third kappa shape index (κ3) is 3.63. The number of hydrogen-bond acceptors (Lipinski definition) is 2. The highest BCUT2D eigenvalue weighted by atomic mass is 15.3. The summed E-state index contributed by atoms with van der Waals surface area (Å²) in [6.07, 6.45) is 6.37. The van der Waals surface area contributed by atoms with Gasteiger partial charge in [0.1, 0.15) is 0 Å². The molecule has 3 nitrogen and oxygen atoms in total. The van der Waals surface area contributed by atoms with Crippen LogP contribution in [-0.2, 0) is 19.4 Å². The lowest BCUT2D eigenvalue weighted by Crippen LogP contribution is -2.43. The van der Waals surface area contributed by atoms with Crippen LogP contribution >= 0.6 is 0 Å². The second-order valence-corrected chi connectivity index (χ2v) is 6.85. The number of nitrogens with zero attached hydrogens (tertiary/aromatic N) is 2. The Morgan fingerprint density at radius 2 is 2.10 bits per heavy atom. The molecular weight excluding hydrogens is 246 g/mol. The quantitative estimate of drug-likeness (QED) is 0.789. The Labute approximate surface area is 124 Å². The molecule has 0 spiro atoms. The fraction of sp³-hybridized carbons (Fsp3) is 0.824. The largest absolute Gasteiger partial charge is 0.316 e. The summed E-state index contributed by atoms with van der Waals surface area (Å²) in [6.45, 7) is 12.2. The molecule has 0 unspecified atom stereocenters. The minimum absolute atomic E-state index is 0.493. The average molecular weight is 277 g/mol. The molecule has 0 atom stereocenters. The first-order valence-corrected chi connectivity index (χ1v) is 8.35. The van der Waals surface area contributed by atoms with Gasteiger partial charge in [0.2, 0.25) is 0 Å². The molecular formula is C17H31N3. The summed E-state index contributed by atoms with van der Waals surface area (Å²) in [6, 6.07) is 2.33. The fourth-order valence-electron chi connectivity index (χ4n) is 3.21. The second-order valence-electron chi connectivity index (χ2n) is 6.85. The molecule has 114 valence electrons. The standard InChI is InChI=1S/C17H31N3/c1-5-15-10-16(20(6-2)19-15)11-17(8-7-9-17)13-18-12-14(3)4/h10,14,18H,5-9,11-13H2,1-4H3. The normalized spacial score (nSPS) is 17.4. The topological polar surface area (TPSA) is 29.9 Å². The maximum absolute atomic E-state index is 4.69. The van der Waals surface area contributed by atoms with Crippen LogP contribution in [-0.4, -0.2) is 22.9 Å². The highest BCUT2D eigenvalue weighted by Crippen LogP contribution is 2.43. The Morgan fingerprint density at radius 3 is 2.60 bits per heavy atom. The van der Waals surface area contributed by atoms with Gasteiger partial charge in [0.15, 0.2) is 0 Å². The predicted octanol–water partition coefficient (Wildman–Crippen LogP) is 3.42. The molecule has 3 heteroatoms. The van der Waals surface area contributed by atoms with Gasteiger partial charge in [-0.25, -0.2) is 0 Å². The molecule has 0 aliphatic heterocycles. The Bertz CT molecular complexity index is 416. The first-order valence-electron chi connectivity index (χ1n) is 8.35. The number of hydrogen-bond donors (Lipinski definition) is 1. The van der Waals surface area contributed by atoms with Crippen molar-refractivity contribution in [1.29, 1.82) is 0 Å². The monoisotopic (exact) mass is 277 g/mol. The van der Waals surface area contributed by atoms with Gasteiger partial charge < -0.3 is 5.32 Å². The maximum atomic E-state index is 4.69. The second kappa shape index (κ2) is 6.75. The third-order valence-corrected chi connectivity index (χ3v) is 4.60. The van der Waals surface area contributed by atoms with Crippen LogP contribution in [0.1, 0.15) is 58.3 Å². The van der Waals surface area contributed by atoms with Crippen molar-refractivity contribution in [3.63, 3.8) is 0 Å². The van der Waals surface area contributed by atoms with Gasteiger partial charge in [0, 0.05) is 18.8 Å². The fourth-order valence-corrected chi connectivity index (χ4v) is 3.21. The molecule has 1 aliphatic carbocycles. The van der Waals surface area contributed by atoms with E-state index in [0.717, 1.165) is 25.4 Å². The Balaban J connectivity index is 2.00. The lowest BCUT2D eigenvalue weighted by Gasteiger charge is -2.42. The van der Waals surface area contributed by atoms with Gasteiger partial charge in [-0.1, -0.05) is 27.2 Å². The van der Waals surface area contributed by atoms with E-state index >= 15 is 0 Å². The van der Waals surface area contributed by atoms with Crippen LogP contribution in [0.3, 0.4) is 0 Å². The average Bonchev–Trinajstić information content (AvgIpc) is 2.77. The van der Waals surface area contributed by atoms with E-state index in [4.69, 9.17) is 5.10 Å². The molecule has 0 amide bonds. The van der Waals surface area contributed by atoms with E-state index in [2.05, 4.69) is 43.8 Å². The van der Waals surface area contributed by atoms with Crippen LogP contribution in [0.4, 0.5) is 0 Å². The minimum Gasteiger partial charge on any atom is -0.316 e. The molecule has 1 fully saturated rings. The summed E-state index contributed by atoms with van der Waals surface area (Å²) in [7, 11) is 0. The minimum atomic E-state index is 0.493. The SMILES string of the molecule is CCc1cc(CC2(CNCC(C)C)CCC2)n(CC)n1. The maximum Gasteiger partial charge on any atom is 0.0624 e. The molecule has 0 radical (unpaired) electrons. The van der Waals surface area contributed by atoms with Gasteiger partial charge in [-0.2, -0.15) is 5.10 Å². The van der Waals surface area contributed by atoms with Gasteiger partial charge in [-0.15, -0.1) is 0 Å². The van der Waals surface area contributed by atoms with Crippen molar-refractivity contribution < 1.29 is 0 Å². The van der Waals surface area contributed by atoms with E-state index < -0.39 is 0 Å². The number of aromatic nitrogens is 2. The molecule has 1 N–H and O–H groups in total. The van der Waals surface area contributed by atoms with Gasteiger partial charge in [-0.05, 0) is 56.6 Å². The van der Waals surface area contributed by atoms with E-state index in [-0.39, 0.29) is 0 Å². The Morgan fingerprint density at radius 1 is 1.35 bits per heavy atom. The lowest BCUT2D eigenvalue weighted by atomic mass is 9.66. The van der Waals surface area contributed by atoms with E-state index in [1.807, 2.05) is 0 Å². The number of aryl methyl sites for hydroxylation is 2. The highest BCUT2D eigenvalue weighted by molar-refractivity contribution is 5.14.